The lowest BCUT2D eigenvalue weighted by molar-refractivity contribution is -0.219. The number of ether oxygens (including phenoxy) is 1. The Labute approximate surface area is 143 Å². The van der Waals surface area contributed by atoms with E-state index >= 15 is 0 Å². The number of rotatable bonds is 0. The first-order chi connectivity index (χ1) is 11.2. The first kappa shape index (κ1) is 15.4. The van der Waals surface area contributed by atoms with Gasteiger partial charge < -0.3 is 14.9 Å². The second-order valence-corrected chi connectivity index (χ2v) is 9.70. The molecule has 1 heterocycles. The molecule has 4 aliphatic carbocycles. The van der Waals surface area contributed by atoms with Gasteiger partial charge in [-0.2, -0.15) is 0 Å². The largest absolute Gasteiger partial charge is 0.454 e. The fraction of sp³-hybridized carbons (Fsp3) is 0.850. The topological polar surface area (TPSA) is 66.8 Å². The van der Waals surface area contributed by atoms with Crippen LogP contribution in [-0.2, 0) is 9.53 Å². The van der Waals surface area contributed by atoms with Gasteiger partial charge in [-0.1, -0.05) is 13.8 Å². The molecule has 0 bridgehead atoms. The first-order valence-corrected chi connectivity index (χ1v) is 9.54. The van der Waals surface area contributed by atoms with E-state index in [9.17, 15) is 15.0 Å². The van der Waals surface area contributed by atoms with Crippen LogP contribution < -0.4 is 0 Å². The van der Waals surface area contributed by atoms with Gasteiger partial charge in [0.15, 0.2) is 0 Å². The molecule has 0 aromatic heterocycles. The van der Waals surface area contributed by atoms with Crippen molar-refractivity contribution in [3.05, 3.63) is 11.1 Å². The summed E-state index contributed by atoms with van der Waals surface area (Å²) in [4.78, 5) is 12.0. The highest BCUT2D eigenvalue weighted by Gasteiger charge is 2.71. The summed E-state index contributed by atoms with van der Waals surface area (Å²) < 4.78 is 5.54. The Balaban J connectivity index is 1.58. The van der Waals surface area contributed by atoms with Crippen molar-refractivity contribution in [1.29, 1.82) is 0 Å². The summed E-state index contributed by atoms with van der Waals surface area (Å²) in [6.45, 7) is 6.47. The Morgan fingerprint density at radius 2 is 1.88 bits per heavy atom. The van der Waals surface area contributed by atoms with E-state index in [1.54, 1.807) is 6.92 Å². The summed E-state index contributed by atoms with van der Waals surface area (Å²) >= 11 is 0. The van der Waals surface area contributed by atoms with Crippen LogP contribution in [0.5, 0.6) is 0 Å². The van der Waals surface area contributed by atoms with Gasteiger partial charge in [0.05, 0.1) is 5.60 Å². The zero-order chi connectivity index (χ0) is 17.1. The number of fused-ring (bicyclic) bond motifs is 6. The standard InChI is InChI=1S/C20H28O4/c1-10-15-12(24-17(10)22)8-14-18(2)6-4-11-9-19(11,3)13(18)5-7-20(14,23)16(15)21/h11-14,16,21,23H,4-9H2,1-3H3/t11-,12-,13+,14+,16-,18-,19+,20+/m1/s1. The maximum atomic E-state index is 12.0. The average Bonchev–Trinajstić information content (AvgIpc) is 3.11. The highest BCUT2D eigenvalue weighted by molar-refractivity contribution is 5.92. The summed E-state index contributed by atoms with van der Waals surface area (Å²) in [6, 6.07) is 0. The number of hydrogen-bond donors (Lipinski definition) is 2. The molecule has 5 rings (SSSR count). The molecule has 0 aromatic carbocycles. The third-order valence-electron chi connectivity index (χ3n) is 8.87. The highest BCUT2D eigenvalue weighted by atomic mass is 16.5. The van der Waals surface area contributed by atoms with Crippen LogP contribution in [0.1, 0.15) is 59.3 Å². The van der Waals surface area contributed by atoms with Crippen molar-refractivity contribution in [1.82, 2.24) is 0 Å². The van der Waals surface area contributed by atoms with Gasteiger partial charge in [0.25, 0.3) is 0 Å². The van der Waals surface area contributed by atoms with E-state index in [0.29, 0.717) is 35.3 Å². The van der Waals surface area contributed by atoms with Gasteiger partial charge >= 0.3 is 5.97 Å². The molecule has 2 N–H and O–H groups in total. The maximum absolute atomic E-state index is 12.0. The second kappa shape index (κ2) is 4.27. The number of esters is 1. The molecular formula is C20H28O4. The third-order valence-corrected chi connectivity index (χ3v) is 8.87. The lowest BCUT2D eigenvalue weighted by atomic mass is 9.45. The van der Waals surface area contributed by atoms with Gasteiger partial charge in [-0.25, -0.2) is 4.79 Å². The predicted octanol–water partition coefficient (Wildman–Crippen LogP) is 2.58. The summed E-state index contributed by atoms with van der Waals surface area (Å²) in [7, 11) is 0. The second-order valence-electron chi connectivity index (χ2n) is 9.70. The number of hydrogen-bond acceptors (Lipinski definition) is 4. The minimum Gasteiger partial charge on any atom is -0.454 e. The Hall–Kier alpha value is -0.870. The van der Waals surface area contributed by atoms with Crippen molar-refractivity contribution in [3.63, 3.8) is 0 Å². The average molecular weight is 332 g/mol. The molecule has 4 fully saturated rings. The van der Waals surface area contributed by atoms with Crippen LogP contribution in [0.2, 0.25) is 0 Å². The van der Waals surface area contributed by atoms with Crippen molar-refractivity contribution >= 4 is 5.97 Å². The fourth-order valence-electron chi connectivity index (χ4n) is 7.42. The molecule has 0 saturated heterocycles. The number of carbonyl (C=O) groups excluding carboxylic acids is 1. The zero-order valence-corrected chi connectivity index (χ0v) is 14.8. The maximum Gasteiger partial charge on any atom is 0.334 e. The zero-order valence-electron chi connectivity index (χ0n) is 14.8. The number of carbonyl (C=O) groups is 1. The molecule has 5 aliphatic rings. The molecule has 24 heavy (non-hydrogen) atoms. The minimum absolute atomic E-state index is 0.00424. The summed E-state index contributed by atoms with van der Waals surface area (Å²) in [5.41, 5.74) is 0.503. The van der Waals surface area contributed by atoms with Crippen molar-refractivity contribution in [3.8, 4) is 0 Å². The van der Waals surface area contributed by atoms with E-state index in [1.165, 1.54) is 12.8 Å². The summed E-state index contributed by atoms with van der Waals surface area (Å²) in [5, 5.41) is 22.6. The summed E-state index contributed by atoms with van der Waals surface area (Å²) in [5.74, 6) is 1.16. The lowest BCUT2D eigenvalue weighted by Crippen LogP contribution is -2.65. The van der Waals surface area contributed by atoms with Crippen LogP contribution in [0, 0.1) is 28.6 Å². The lowest BCUT2D eigenvalue weighted by Gasteiger charge is -2.62. The molecule has 0 amide bonds. The molecule has 0 spiro atoms. The van der Waals surface area contributed by atoms with Crippen molar-refractivity contribution in [2.45, 2.75) is 77.1 Å². The number of aliphatic hydroxyl groups is 2. The van der Waals surface area contributed by atoms with E-state index in [2.05, 4.69) is 13.8 Å². The highest BCUT2D eigenvalue weighted by Crippen LogP contribution is 2.74. The number of aliphatic hydroxyl groups excluding tert-OH is 1. The van der Waals surface area contributed by atoms with Gasteiger partial charge in [0.2, 0.25) is 0 Å². The molecular weight excluding hydrogens is 304 g/mol. The monoisotopic (exact) mass is 332 g/mol. The normalized spacial score (nSPS) is 58.4. The Morgan fingerprint density at radius 3 is 2.62 bits per heavy atom. The van der Waals surface area contributed by atoms with E-state index in [1.807, 2.05) is 0 Å². The minimum atomic E-state index is -1.11. The van der Waals surface area contributed by atoms with E-state index in [0.717, 1.165) is 18.8 Å². The Morgan fingerprint density at radius 1 is 1.12 bits per heavy atom. The van der Waals surface area contributed by atoms with Crippen molar-refractivity contribution in [2.24, 2.45) is 28.6 Å². The van der Waals surface area contributed by atoms with Gasteiger partial charge in [0.1, 0.15) is 12.2 Å². The molecule has 0 aromatic rings. The van der Waals surface area contributed by atoms with Crippen LogP contribution in [0.15, 0.2) is 11.1 Å². The van der Waals surface area contributed by atoms with Crippen molar-refractivity contribution < 1.29 is 19.7 Å². The molecule has 4 nitrogen and oxygen atoms in total. The molecule has 8 atom stereocenters. The fourth-order valence-corrected chi connectivity index (χ4v) is 7.42. The third kappa shape index (κ3) is 1.56. The van der Waals surface area contributed by atoms with Crippen molar-refractivity contribution in [2.75, 3.05) is 0 Å². The van der Waals surface area contributed by atoms with Crippen LogP contribution in [0.4, 0.5) is 0 Å². The molecule has 4 saturated carbocycles. The van der Waals surface area contributed by atoms with Crippen LogP contribution >= 0.6 is 0 Å². The Bertz CT molecular complexity index is 669. The molecule has 4 heteroatoms. The smallest absolute Gasteiger partial charge is 0.334 e. The predicted molar refractivity (Wildman–Crippen MR) is 87.9 cm³/mol. The SMILES string of the molecule is CC1=C2[C@@H](O)[C@]3(O)CC[C@@H]4[C@@]5(C)C[C@H]5CC[C@@]4(C)[C@@H]3C[C@H]2OC1=O. The van der Waals surface area contributed by atoms with E-state index in [-0.39, 0.29) is 23.4 Å². The van der Waals surface area contributed by atoms with Crippen LogP contribution in [0.3, 0.4) is 0 Å². The van der Waals surface area contributed by atoms with E-state index < -0.39 is 11.7 Å². The Kier molecular flexibility index (Phi) is 2.74. The molecule has 0 unspecified atom stereocenters. The van der Waals surface area contributed by atoms with Crippen LogP contribution in [0.25, 0.3) is 0 Å². The molecule has 1 aliphatic heterocycles. The van der Waals surface area contributed by atoms with Crippen LogP contribution in [-0.4, -0.2) is 34.0 Å². The van der Waals surface area contributed by atoms with Gasteiger partial charge in [0, 0.05) is 17.1 Å². The molecule has 132 valence electrons. The first-order valence-electron chi connectivity index (χ1n) is 9.54. The van der Waals surface area contributed by atoms with Gasteiger partial charge in [-0.15, -0.1) is 0 Å². The van der Waals surface area contributed by atoms with Gasteiger partial charge in [-0.05, 0) is 68.1 Å². The molecule has 0 radical (unpaired) electrons. The van der Waals surface area contributed by atoms with Gasteiger partial charge in [-0.3, -0.25) is 0 Å². The summed E-state index contributed by atoms with van der Waals surface area (Å²) in [6.07, 6.45) is 4.67. The quantitative estimate of drug-likeness (QED) is 0.669. The van der Waals surface area contributed by atoms with E-state index in [4.69, 9.17) is 4.74 Å².